The van der Waals surface area contributed by atoms with Crippen molar-refractivity contribution < 1.29 is 23.5 Å². The van der Waals surface area contributed by atoms with Crippen molar-refractivity contribution in [2.75, 3.05) is 6.61 Å². The Morgan fingerprint density at radius 3 is 2.35 bits per heavy atom. The van der Waals surface area contributed by atoms with Crippen molar-refractivity contribution in [1.29, 1.82) is 0 Å². The minimum Gasteiger partial charge on any atom is -0.491 e. The number of rotatable bonds is 9. The second kappa shape index (κ2) is 8.15. The summed E-state index contributed by atoms with van der Waals surface area (Å²) in [4.78, 5) is 24.9. The molecule has 0 radical (unpaired) electrons. The largest absolute Gasteiger partial charge is 0.491 e. The molecule has 0 spiro atoms. The third-order valence-electron chi connectivity index (χ3n) is 5.89. The SMILES string of the molecule is CC(C)Oc1ccc(C(=O)CC23CC(NC(=O)COc4ccc(Cl)c(F)c4)(C2)C3)cc1. The van der Waals surface area contributed by atoms with Gasteiger partial charge in [0.25, 0.3) is 5.91 Å². The second-order valence-corrected chi connectivity index (χ2v) is 9.42. The summed E-state index contributed by atoms with van der Waals surface area (Å²) < 4.78 is 24.4. The van der Waals surface area contributed by atoms with Gasteiger partial charge in [0, 0.05) is 23.6 Å². The molecule has 0 unspecified atom stereocenters. The summed E-state index contributed by atoms with van der Waals surface area (Å²) >= 11 is 5.64. The van der Waals surface area contributed by atoms with Gasteiger partial charge in [0.2, 0.25) is 0 Å². The fraction of sp³-hybridized carbons (Fsp3) is 0.417. The number of benzene rings is 2. The molecule has 2 aromatic carbocycles. The van der Waals surface area contributed by atoms with Gasteiger partial charge in [-0.2, -0.15) is 0 Å². The molecule has 1 N–H and O–H groups in total. The molecule has 164 valence electrons. The number of carbonyl (C=O) groups is 2. The van der Waals surface area contributed by atoms with Crippen molar-refractivity contribution in [2.24, 2.45) is 5.41 Å². The monoisotopic (exact) mass is 445 g/mol. The maximum atomic E-state index is 13.4. The van der Waals surface area contributed by atoms with Gasteiger partial charge in [-0.3, -0.25) is 9.59 Å². The van der Waals surface area contributed by atoms with Crippen LogP contribution in [0.2, 0.25) is 5.02 Å². The van der Waals surface area contributed by atoms with E-state index in [4.69, 9.17) is 21.1 Å². The van der Waals surface area contributed by atoms with Gasteiger partial charge in [0.15, 0.2) is 12.4 Å². The standard InChI is InChI=1S/C24H25ClFNO4/c1-15(2)31-17-5-3-16(4-6-17)21(28)10-23-12-24(13-23,14-23)27-22(29)11-30-18-7-8-19(25)20(26)9-18/h3-9,15H,10-14H2,1-2H3,(H,27,29). The van der Waals surface area contributed by atoms with E-state index >= 15 is 0 Å². The summed E-state index contributed by atoms with van der Waals surface area (Å²) in [7, 11) is 0. The van der Waals surface area contributed by atoms with Crippen LogP contribution in [0.15, 0.2) is 42.5 Å². The number of hydrogen-bond donors (Lipinski definition) is 1. The van der Waals surface area contributed by atoms with Gasteiger partial charge in [-0.1, -0.05) is 11.6 Å². The number of halogens is 2. The molecular formula is C24H25ClFNO4. The highest BCUT2D eigenvalue weighted by molar-refractivity contribution is 6.30. The van der Waals surface area contributed by atoms with E-state index in [9.17, 15) is 14.0 Å². The normalized spacial score (nSPS) is 23.5. The Labute approximate surface area is 185 Å². The molecule has 7 heteroatoms. The molecule has 5 rings (SSSR count). The van der Waals surface area contributed by atoms with Crippen molar-refractivity contribution in [1.82, 2.24) is 5.32 Å². The van der Waals surface area contributed by atoms with Crippen LogP contribution in [0.3, 0.4) is 0 Å². The van der Waals surface area contributed by atoms with Crippen LogP contribution >= 0.6 is 11.6 Å². The summed E-state index contributed by atoms with van der Waals surface area (Å²) in [6, 6.07) is 11.3. The molecule has 2 bridgehead atoms. The van der Waals surface area contributed by atoms with Crippen LogP contribution in [0.5, 0.6) is 11.5 Å². The van der Waals surface area contributed by atoms with Crippen LogP contribution in [0.4, 0.5) is 4.39 Å². The molecule has 0 saturated heterocycles. The van der Waals surface area contributed by atoms with E-state index in [1.165, 1.54) is 12.1 Å². The van der Waals surface area contributed by atoms with Crippen molar-refractivity contribution in [3.8, 4) is 11.5 Å². The number of ketones is 1. The summed E-state index contributed by atoms with van der Waals surface area (Å²) in [6.45, 7) is 3.72. The van der Waals surface area contributed by atoms with E-state index in [1.54, 1.807) is 12.1 Å². The van der Waals surface area contributed by atoms with E-state index in [0.29, 0.717) is 12.0 Å². The number of ether oxygens (including phenoxy) is 2. The topological polar surface area (TPSA) is 64.6 Å². The molecule has 3 fully saturated rings. The molecule has 3 saturated carbocycles. The molecule has 0 heterocycles. The number of nitrogens with one attached hydrogen (secondary N) is 1. The Balaban J connectivity index is 1.22. The molecule has 31 heavy (non-hydrogen) atoms. The molecular weight excluding hydrogens is 421 g/mol. The number of hydrogen-bond acceptors (Lipinski definition) is 4. The maximum Gasteiger partial charge on any atom is 0.258 e. The van der Waals surface area contributed by atoms with Gasteiger partial charge < -0.3 is 14.8 Å². The minimum atomic E-state index is -0.590. The Kier molecular flexibility index (Phi) is 5.69. The second-order valence-electron chi connectivity index (χ2n) is 9.01. The zero-order chi connectivity index (χ0) is 22.2. The van der Waals surface area contributed by atoms with E-state index in [-0.39, 0.29) is 46.1 Å². The Morgan fingerprint density at radius 2 is 1.74 bits per heavy atom. The summed E-state index contributed by atoms with van der Waals surface area (Å²) in [6.07, 6.45) is 2.95. The van der Waals surface area contributed by atoms with Crippen LogP contribution in [-0.2, 0) is 4.79 Å². The smallest absolute Gasteiger partial charge is 0.258 e. The lowest BCUT2D eigenvalue weighted by molar-refractivity contribution is -0.164. The van der Waals surface area contributed by atoms with E-state index in [2.05, 4.69) is 5.32 Å². The Hall–Kier alpha value is -2.60. The molecule has 3 aliphatic rings. The molecule has 2 aromatic rings. The molecule has 1 amide bonds. The predicted molar refractivity (Wildman–Crippen MR) is 115 cm³/mol. The lowest BCUT2D eigenvalue weighted by Crippen LogP contribution is -2.75. The highest BCUT2D eigenvalue weighted by atomic mass is 35.5. The fourth-order valence-electron chi connectivity index (χ4n) is 4.80. The first-order valence-electron chi connectivity index (χ1n) is 10.4. The fourth-order valence-corrected chi connectivity index (χ4v) is 4.92. The summed E-state index contributed by atoms with van der Waals surface area (Å²) in [5.41, 5.74) is 0.431. The van der Waals surface area contributed by atoms with Crippen LogP contribution < -0.4 is 14.8 Å². The quantitative estimate of drug-likeness (QED) is 0.554. The third kappa shape index (κ3) is 4.69. The summed E-state index contributed by atoms with van der Waals surface area (Å²) in [5, 5.41) is 3.01. The molecule has 0 aliphatic heterocycles. The first kappa shape index (κ1) is 21.6. The van der Waals surface area contributed by atoms with Gasteiger partial charge >= 0.3 is 0 Å². The van der Waals surface area contributed by atoms with Crippen LogP contribution in [0, 0.1) is 11.2 Å². The van der Waals surface area contributed by atoms with E-state index < -0.39 is 5.82 Å². The minimum absolute atomic E-state index is 0.00495. The van der Waals surface area contributed by atoms with Gasteiger partial charge in [-0.05, 0) is 74.9 Å². The number of carbonyl (C=O) groups excluding carboxylic acids is 2. The average molecular weight is 446 g/mol. The Bertz CT molecular complexity index is 985. The lowest BCUT2D eigenvalue weighted by Gasteiger charge is -2.70. The van der Waals surface area contributed by atoms with Crippen LogP contribution in [0.1, 0.15) is 49.9 Å². The molecule has 0 atom stereocenters. The Morgan fingerprint density at radius 1 is 1.10 bits per heavy atom. The van der Waals surface area contributed by atoms with Crippen molar-refractivity contribution in [3.05, 3.63) is 58.9 Å². The summed E-state index contributed by atoms with van der Waals surface area (Å²) in [5.74, 6) is 0.274. The van der Waals surface area contributed by atoms with Crippen LogP contribution in [0.25, 0.3) is 0 Å². The van der Waals surface area contributed by atoms with Gasteiger partial charge in [-0.25, -0.2) is 4.39 Å². The lowest BCUT2D eigenvalue weighted by atomic mass is 9.38. The van der Waals surface area contributed by atoms with Crippen LogP contribution in [-0.4, -0.2) is 29.9 Å². The first-order valence-corrected chi connectivity index (χ1v) is 10.7. The van der Waals surface area contributed by atoms with Crippen molar-refractivity contribution >= 4 is 23.3 Å². The van der Waals surface area contributed by atoms with Crippen molar-refractivity contribution in [3.63, 3.8) is 0 Å². The third-order valence-corrected chi connectivity index (χ3v) is 6.20. The molecule has 5 nitrogen and oxygen atoms in total. The van der Waals surface area contributed by atoms with E-state index in [1.807, 2.05) is 26.0 Å². The van der Waals surface area contributed by atoms with E-state index in [0.717, 1.165) is 31.1 Å². The molecule has 0 aromatic heterocycles. The maximum absolute atomic E-state index is 13.4. The zero-order valence-corrected chi connectivity index (χ0v) is 18.3. The number of Topliss-reactive ketones (excluding diaryl/α,β-unsaturated/α-hetero) is 1. The molecule has 3 aliphatic carbocycles. The highest BCUT2D eigenvalue weighted by Gasteiger charge is 2.68. The number of amides is 1. The highest BCUT2D eigenvalue weighted by Crippen LogP contribution is 2.69. The van der Waals surface area contributed by atoms with Crippen molar-refractivity contribution in [2.45, 2.75) is 51.2 Å². The first-order chi connectivity index (χ1) is 14.7. The predicted octanol–water partition coefficient (Wildman–Crippen LogP) is 4.96. The van der Waals surface area contributed by atoms with Gasteiger partial charge in [0.1, 0.15) is 17.3 Å². The average Bonchev–Trinajstić information content (AvgIpc) is 2.66. The van der Waals surface area contributed by atoms with Gasteiger partial charge in [-0.15, -0.1) is 0 Å². The zero-order valence-electron chi connectivity index (χ0n) is 17.5. The van der Waals surface area contributed by atoms with Gasteiger partial charge in [0.05, 0.1) is 11.1 Å².